The van der Waals surface area contributed by atoms with Crippen LogP contribution in [0.2, 0.25) is 0 Å². The third kappa shape index (κ3) is 5.03. The van der Waals surface area contributed by atoms with Crippen LogP contribution >= 0.6 is 0 Å². The Kier molecular flexibility index (Phi) is 5.40. The lowest BCUT2D eigenvalue weighted by molar-refractivity contribution is -0.116. The van der Waals surface area contributed by atoms with Gasteiger partial charge in [0.1, 0.15) is 0 Å². The van der Waals surface area contributed by atoms with Crippen molar-refractivity contribution in [2.45, 2.75) is 39.0 Å². The third-order valence-electron chi connectivity index (χ3n) is 3.66. The third-order valence-corrected chi connectivity index (χ3v) is 3.66. The number of hydrogen-bond donors (Lipinski definition) is 1. The molecule has 0 spiro atoms. The molecule has 1 aliphatic heterocycles. The summed E-state index contributed by atoms with van der Waals surface area (Å²) in [7, 11) is 0. The van der Waals surface area contributed by atoms with Crippen molar-refractivity contribution >= 4 is 11.6 Å². The summed E-state index contributed by atoms with van der Waals surface area (Å²) >= 11 is 0. The first kappa shape index (κ1) is 14.1. The molecule has 0 radical (unpaired) electrons. The molecule has 1 saturated heterocycles. The Morgan fingerprint density at radius 1 is 1.16 bits per heavy atom. The topological polar surface area (TPSA) is 32.3 Å². The van der Waals surface area contributed by atoms with E-state index in [2.05, 4.69) is 10.2 Å². The molecule has 1 aliphatic rings. The van der Waals surface area contributed by atoms with Crippen LogP contribution in [0.25, 0.3) is 0 Å². The quantitative estimate of drug-likeness (QED) is 0.881. The molecule has 2 rings (SSSR count). The molecule has 0 saturated carbocycles. The van der Waals surface area contributed by atoms with Crippen molar-refractivity contribution in [1.29, 1.82) is 0 Å². The van der Waals surface area contributed by atoms with Gasteiger partial charge >= 0.3 is 0 Å². The Labute approximate surface area is 116 Å². The molecule has 0 bridgehead atoms. The van der Waals surface area contributed by atoms with Crippen LogP contribution in [0, 0.1) is 6.92 Å². The second-order valence-electron chi connectivity index (χ2n) is 5.42. The molecule has 1 amide bonds. The first-order valence-electron chi connectivity index (χ1n) is 7.33. The maximum Gasteiger partial charge on any atom is 0.224 e. The smallest absolute Gasteiger partial charge is 0.224 e. The Morgan fingerprint density at radius 2 is 1.84 bits per heavy atom. The Morgan fingerprint density at radius 3 is 2.53 bits per heavy atom. The molecular formula is C16H24N2O. The van der Waals surface area contributed by atoms with Gasteiger partial charge in [-0.15, -0.1) is 0 Å². The number of carbonyl (C=O) groups excluding carboxylic acids is 1. The van der Waals surface area contributed by atoms with E-state index >= 15 is 0 Å². The van der Waals surface area contributed by atoms with Crippen molar-refractivity contribution in [2.24, 2.45) is 0 Å². The van der Waals surface area contributed by atoms with Gasteiger partial charge in [0.2, 0.25) is 5.91 Å². The van der Waals surface area contributed by atoms with Crippen LogP contribution in [0.15, 0.2) is 24.3 Å². The average molecular weight is 260 g/mol. The zero-order valence-corrected chi connectivity index (χ0v) is 11.8. The van der Waals surface area contributed by atoms with Crippen LogP contribution in [-0.4, -0.2) is 30.4 Å². The lowest BCUT2D eigenvalue weighted by Crippen LogP contribution is -2.31. The fourth-order valence-corrected chi connectivity index (χ4v) is 2.51. The Balaban J connectivity index is 1.65. The predicted octanol–water partition coefficient (Wildman–Crippen LogP) is 3.20. The molecule has 0 aliphatic carbocycles. The normalized spacial score (nSPS) is 16.3. The van der Waals surface area contributed by atoms with E-state index in [-0.39, 0.29) is 5.91 Å². The molecule has 1 aromatic rings. The molecule has 3 nitrogen and oxygen atoms in total. The summed E-state index contributed by atoms with van der Waals surface area (Å²) in [4.78, 5) is 14.3. The van der Waals surface area contributed by atoms with Crippen molar-refractivity contribution in [1.82, 2.24) is 4.90 Å². The number of nitrogens with zero attached hydrogens (tertiary/aromatic N) is 1. The average Bonchev–Trinajstić information content (AvgIpc) is 2.43. The van der Waals surface area contributed by atoms with Gasteiger partial charge in [0.15, 0.2) is 0 Å². The highest BCUT2D eigenvalue weighted by Crippen LogP contribution is 2.11. The van der Waals surface area contributed by atoms with Gasteiger partial charge in [-0.2, -0.15) is 0 Å². The number of amides is 1. The maximum atomic E-state index is 11.8. The van der Waals surface area contributed by atoms with Crippen molar-refractivity contribution < 1.29 is 4.79 Å². The van der Waals surface area contributed by atoms with Crippen LogP contribution in [0.4, 0.5) is 5.69 Å². The van der Waals surface area contributed by atoms with E-state index in [0.29, 0.717) is 6.42 Å². The molecule has 1 N–H and O–H groups in total. The molecule has 0 atom stereocenters. The molecular weight excluding hydrogens is 236 g/mol. The van der Waals surface area contributed by atoms with Gasteiger partial charge < -0.3 is 10.2 Å². The zero-order valence-electron chi connectivity index (χ0n) is 11.8. The summed E-state index contributed by atoms with van der Waals surface area (Å²) in [6, 6.07) is 7.95. The highest BCUT2D eigenvalue weighted by Gasteiger charge is 2.10. The number of piperidine rings is 1. The lowest BCUT2D eigenvalue weighted by Gasteiger charge is -2.26. The maximum absolute atomic E-state index is 11.8. The minimum absolute atomic E-state index is 0.126. The second-order valence-corrected chi connectivity index (χ2v) is 5.42. The largest absolute Gasteiger partial charge is 0.326 e. The van der Waals surface area contributed by atoms with Gasteiger partial charge in [-0.3, -0.25) is 4.79 Å². The van der Waals surface area contributed by atoms with E-state index in [4.69, 9.17) is 0 Å². The van der Waals surface area contributed by atoms with Gasteiger partial charge in [-0.05, 0) is 58.0 Å². The van der Waals surface area contributed by atoms with E-state index in [1.165, 1.54) is 37.9 Å². The molecule has 3 heteroatoms. The zero-order chi connectivity index (χ0) is 13.5. The highest BCUT2D eigenvalue weighted by atomic mass is 16.1. The summed E-state index contributed by atoms with van der Waals surface area (Å²) in [6.45, 7) is 5.52. The number of hydrogen-bond acceptors (Lipinski definition) is 2. The molecule has 19 heavy (non-hydrogen) atoms. The minimum Gasteiger partial charge on any atom is -0.326 e. The standard InChI is InChI=1S/C16H24N2O/c1-14-7-9-15(10-8-14)17-16(19)6-5-13-18-11-3-2-4-12-18/h7-10H,2-6,11-13H2,1H3,(H,17,19). The highest BCUT2D eigenvalue weighted by molar-refractivity contribution is 5.90. The second kappa shape index (κ2) is 7.29. The fraction of sp³-hybridized carbons (Fsp3) is 0.562. The molecule has 0 unspecified atom stereocenters. The van der Waals surface area contributed by atoms with Crippen molar-refractivity contribution in [3.8, 4) is 0 Å². The van der Waals surface area contributed by atoms with Crippen LogP contribution in [0.5, 0.6) is 0 Å². The molecule has 1 fully saturated rings. The SMILES string of the molecule is Cc1ccc(NC(=O)CCCN2CCCCC2)cc1. The summed E-state index contributed by atoms with van der Waals surface area (Å²) < 4.78 is 0. The number of anilines is 1. The number of aryl methyl sites for hydroxylation is 1. The van der Waals surface area contributed by atoms with Crippen LogP contribution in [0.3, 0.4) is 0 Å². The van der Waals surface area contributed by atoms with Crippen LogP contribution < -0.4 is 5.32 Å². The number of nitrogens with one attached hydrogen (secondary N) is 1. The van der Waals surface area contributed by atoms with E-state index in [9.17, 15) is 4.79 Å². The number of benzene rings is 1. The number of rotatable bonds is 5. The molecule has 0 aromatic heterocycles. The first-order valence-corrected chi connectivity index (χ1v) is 7.33. The summed E-state index contributed by atoms with van der Waals surface area (Å²) in [5.41, 5.74) is 2.11. The molecule has 1 aromatic carbocycles. The van der Waals surface area contributed by atoms with Crippen LogP contribution in [-0.2, 0) is 4.79 Å². The van der Waals surface area contributed by atoms with E-state index in [1.807, 2.05) is 31.2 Å². The fourth-order valence-electron chi connectivity index (χ4n) is 2.51. The summed E-state index contributed by atoms with van der Waals surface area (Å²) in [5, 5.41) is 2.95. The Hall–Kier alpha value is -1.35. The lowest BCUT2D eigenvalue weighted by atomic mass is 10.1. The van der Waals surface area contributed by atoms with E-state index in [1.54, 1.807) is 0 Å². The van der Waals surface area contributed by atoms with Crippen molar-refractivity contribution in [2.75, 3.05) is 25.0 Å². The van der Waals surface area contributed by atoms with E-state index in [0.717, 1.165) is 18.7 Å². The first-order chi connectivity index (χ1) is 9.24. The minimum atomic E-state index is 0.126. The monoisotopic (exact) mass is 260 g/mol. The van der Waals surface area contributed by atoms with Crippen LogP contribution in [0.1, 0.15) is 37.7 Å². The van der Waals surface area contributed by atoms with Gasteiger partial charge in [0.05, 0.1) is 0 Å². The van der Waals surface area contributed by atoms with Gasteiger partial charge in [0, 0.05) is 12.1 Å². The molecule has 1 heterocycles. The van der Waals surface area contributed by atoms with E-state index < -0.39 is 0 Å². The van der Waals surface area contributed by atoms with Gasteiger partial charge in [-0.1, -0.05) is 24.1 Å². The van der Waals surface area contributed by atoms with Gasteiger partial charge in [-0.25, -0.2) is 0 Å². The predicted molar refractivity (Wildman–Crippen MR) is 79.3 cm³/mol. The Bertz CT molecular complexity index is 394. The van der Waals surface area contributed by atoms with Gasteiger partial charge in [0.25, 0.3) is 0 Å². The van der Waals surface area contributed by atoms with Crippen molar-refractivity contribution in [3.63, 3.8) is 0 Å². The molecule has 104 valence electrons. The number of likely N-dealkylation sites (tertiary alicyclic amines) is 1. The van der Waals surface area contributed by atoms with Crippen molar-refractivity contribution in [3.05, 3.63) is 29.8 Å². The summed E-state index contributed by atoms with van der Waals surface area (Å²) in [5.74, 6) is 0.126. The number of carbonyl (C=O) groups is 1. The summed E-state index contributed by atoms with van der Waals surface area (Å²) in [6.07, 6.45) is 5.57.